The summed E-state index contributed by atoms with van der Waals surface area (Å²) in [6.07, 6.45) is 2.03. The molecule has 1 aromatic rings. The summed E-state index contributed by atoms with van der Waals surface area (Å²) in [6.45, 7) is 5.97. The molecule has 0 radical (unpaired) electrons. The fraction of sp³-hybridized carbons (Fsp3) is 0.615. The molecule has 0 atom stereocenters. The highest BCUT2D eigenvalue weighted by atomic mass is 16.5. The number of anilines is 1. The average molecular weight is 264 g/mol. The van der Waals surface area contributed by atoms with Crippen LogP contribution in [0.1, 0.15) is 36.1 Å². The Balaban J connectivity index is 2.20. The van der Waals surface area contributed by atoms with Crippen molar-refractivity contribution >= 4 is 11.8 Å². The number of ether oxygens (including phenoxy) is 1. The highest BCUT2D eigenvalue weighted by Crippen LogP contribution is 2.23. The SMILES string of the molecule is COC(=O)c1nc(C)cc(NC2(C)CCNCC2)n1. The lowest BCUT2D eigenvalue weighted by Gasteiger charge is -2.35. The molecule has 0 aliphatic carbocycles. The predicted octanol–water partition coefficient (Wildman–Crippen LogP) is 1.13. The van der Waals surface area contributed by atoms with Crippen molar-refractivity contribution in [3.05, 3.63) is 17.6 Å². The van der Waals surface area contributed by atoms with Crippen LogP contribution in [-0.4, -0.2) is 41.7 Å². The van der Waals surface area contributed by atoms with E-state index in [0.29, 0.717) is 5.82 Å². The molecule has 1 aliphatic rings. The molecule has 0 saturated carbocycles. The molecule has 104 valence electrons. The van der Waals surface area contributed by atoms with E-state index in [1.54, 1.807) is 0 Å². The second-order valence-electron chi connectivity index (χ2n) is 5.15. The van der Waals surface area contributed by atoms with Crippen LogP contribution in [0.25, 0.3) is 0 Å². The van der Waals surface area contributed by atoms with Crippen molar-refractivity contribution in [2.45, 2.75) is 32.2 Å². The number of nitrogens with zero attached hydrogens (tertiary/aromatic N) is 2. The summed E-state index contributed by atoms with van der Waals surface area (Å²) < 4.78 is 4.66. The molecule has 0 bridgehead atoms. The summed E-state index contributed by atoms with van der Waals surface area (Å²) >= 11 is 0. The molecule has 0 aromatic carbocycles. The van der Waals surface area contributed by atoms with E-state index in [0.717, 1.165) is 31.6 Å². The largest absolute Gasteiger partial charge is 0.463 e. The van der Waals surface area contributed by atoms with Gasteiger partial charge in [-0.05, 0) is 39.8 Å². The Morgan fingerprint density at radius 3 is 2.74 bits per heavy atom. The van der Waals surface area contributed by atoms with Gasteiger partial charge in [-0.25, -0.2) is 14.8 Å². The van der Waals surface area contributed by atoms with Gasteiger partial charge in [0.1, 0.15) is 5.82 Å². The van der Waals surface area contributed by atoms with E-state index in [4.69, 9.17) is 0 Å². The lowest BCUT2D eigenvalue weighted by molar-refractivity contribution is 0.0586. The normalized spacial score (nSPS) is 17.8. The Hall–Kier alpha value is -1.69. The van der Waals surface area contributed by atoms with Crippen molar-refractivity contribution in [1.82, 2.24) is 15.3 Å². The molecule has 6 heteroatoms. The minimum Gasteiger partial charge on any atom is -0.463 e. The zero-order chi connectivity index (χ0) is 13.9. The Morgan fingerprint density at radius 2 is 2.11 bits per heavy atom. The number of methoxy groups -OCH3 is 1. The number of rotatable bonds is 3. The molecule has 0 amide bonds. The summed E-state index contributed by atoms with van der Waals surface area (Å²) in [7, 11) is 1.33. The number of piperidine rings is 1. The lowest BCUT2D eigenvalue weighted by atomic mass is 9.90. The van der Waals surface area contributed by atoms with Crippen LogP contribution < -0.4 is 10.6 Å². The number of carbonyl (C=O) groups excluding carboxylic acids is 1. The van der Waals surface area contributed by atoms with Crippen LogP contribution in [0.5, 0.6) is 0 Å². The molecule has 1 aliphatic heterocycles. The molecule has 19 heavy (non-hydrogen) atoms. The van der Waals surface area contributed by atoms with Gasteiger partial charge in [-0.15, -0.1) is 0 Å². The average Bonchev–Trinajstić information content (AvgIpc) is 2.37. The van der Waals surface area contributed by atoms with Crippen molar-refractivity contribution in [3.63, 3.8) is 0 Å². The summed E-state index contributed by atoms with van der Waals surface area (Å²) in [5.74, 6) is 0.266. The zero-order valence-corrected chi connectivity index (χ0v) is 11.6. The predicted molar refractivity (Wildman–Crippen MR) is 72.2 cm³/mol. The number of hydrogen-bond acceptors (Lipinski definition) is 6. The number of hydrogen-bond donors (Lipinski definition) is 2. The maximum atomic E-state index is 11.5. The van der Waals surface area contributed by atoms with Gasteiger partial charge in [0, 0.05) is 17.3 Å². The highest BCUT2D eigenvalue weighted by molar-refractivity contribution is 5.85. The van der Waals surface area contributed by atoms with E-state index >= 15 is 0 Å². The van der Waals surface area contributed by atoms with Crippen molar-refractivity contribution < 1.29 is 9.53 Å². The van der Waals surface area contributed by atoms with Crippen LogP contribution in [0.15, 0.2) is 6.07 Å². The molecule has 0 unspecified atom stereocenters. The first-order valence-corrected chi connectivity index (χ1v) is 6.45. The van der Waals surface area contributed by atoms with Gasteiger partial charge in [0.2, 0.25) is 5.82 Å². The Morgan fingerprint density at radius 1 is 1.42 bits per heavy atom. The van der Waals surface area contributed by atoms with E-state index in [1.165, 1.54) is 7.11 Å². The molecule has 1 aromatic heterocycles. The van der Waals surface area contributed by atoms with Gasteiger partial charge in [-0.1, -0.05) is 0 Å². The van der Waals surface area contributed by atoms with Gasteiger partial charge in [0.05, 0.1) is 7.11 Å². The standard InChI is InChI=1S/C13H20N4O2/c1-9-8-10(16-11(15-9)12(18)19-3)17-13(2)4-6-14-7-5-13/h8,14H,4-7H2,1-3H3,(H,15,16,17). The molecule has 1 fully saturated rings. The Bertz CT molecular complexity index is 470. The van der Waals surface area contributed by atoms with Gasteiger partial charge in [0.25, 0.3) is 0 Å². The molecule has 2 N–H and O–H groups in total. The first-order chi connectivity index (χ1) is 9.02. The third kappa shape index (κ3) is 3.41. The molecule has 6 nitrogen and oxygen atoms in total. The molecule has 2 rings (SSSR count). The van der Waals surface area contributed by atoms with Crippen molar-refractivity contribution in [2.75, 3.05) is 25.5 Å². The molecule has 2 heterocycles. The van der Waals surface area contributed by atoms with E-state index in [1.807, 2.05) is 13.0 Å². The number of aromatic nitrogens is 2. The second-order valence-corrected chi connectivity index (χ2v) is 5.15. The van der Waals surface area contributed by atoms with Gasteiger partial charge < -0.3 is 15.4 Å². The summed E-state index contributed by atoms with van der Waals surface area (Å²) in [6, 6.07) is 1.85. The topological polar surface area (TPSA) is 76.1 Å². The molecular formula is C13H20N4O2. The van der Waals surface area contributed by atoms with Crippen LogP contribution in [0.4, 0.5) is 5.82 Å². The minimum absolute atomic E-state index is 0.000563. The first-order valence-electron chi connectivity index (χ1n) is 6.45. The monoisotopic (exact) mass is 264 g/mol. The maximum absolute atomic E-state index is 11.5. The molecular weight excluding hydrogens is 244 g/mol. The quantitative estimate of drug-likeness (QED) is 0.797. The van der Waals surface area contributed by atoms with E-state index < -0.39 is 5.97 Å². The van der Waals surface area contributed by atoms with Gasteiger partial charge >= 0.3 is 5.97 Å². The van der Waals surface area contributed by atoms with Crippen LogP contribution in [0.3, 0.4) is 0 Å². The van der Waals surface area contributed by atoms with Crippen LogP contribution in [-0.2, 0) is 4.74 Å². The van der Waals surface area contributed by atoms with Crippen molar-refractivity contribution in [3.8, 4) is 0 Å². The highest BCUT2D eigenvalue weighted by Gasteiger charge is 2.27. The minimum atomic E-state index is -0.512. The molecule has 1 saturated heterocycles. The summed E-state index contributed by atoms with van der Waals surface area (Å²) in [5, 5.41) is 6.75. The van der Waals surface area contributed by atoms with E-state index in [9.17, 15) is 4.79 Å². The number of carbonyl (C=O) groups is 1. The van der Waals surface area contributed by atoms with Gasteiger partial charge in [-0.2, -0.15) is 0 Å². The first kappa shape index (κ1) is 13.7. The number of esters is 1. The smallest absolute Gasteiger partial charge is 0.376 e. The van der Waals surface area contributed by atoms with Gasteiger partial charge in [0.15, 0.2) is 0 Å². The van der Waals surface area contributed by atoms with Crippen LogP contribution >= 0.6 is 0 Å². The number of nitrogens with one attached hydrogen (secondary N) is 2. The fourth-order valence-corrected chi connectivity index (χ4v) is 2.23. The summed E-state index contributed by atoms with van der Waals surface area (Å²) in [4.78, 5) is 19.8. The van der Waals surface area contributed by atoms with E-state index in [2.05, 4.69) is 32.3 Å². The van der Waals surface area contributed by atoms with Crippen LogP contribution in [0.2, 0.25) is 0 Å². The van der Waals surface area contributed by atoms with Crippen molar-refractivity contribution in [1.29, 1.82) is 0 Å². The number of aryl methyl sites for hydroxylation is 1. The zero-order valence-electron chi connectivity index (χ0n) is 11.6. The lowest BCUT2D eigenvalue weighted by Crippen LogP contribution is -2.45. The third-order valence-electron chi connectivity index (χ3n) is 3.36. The second kappa shape index (κ2) is 5.52. The maximum Gasteiger partial charge on any atom is 0.376 e. The van der Waals surface area contributed by atoms with E-state index in [-0.39, 0.29) is 11.4 Å². The Kier molecular flexibility index (Phi) is 3.99. The van der Waals surface area contributed by atoms with Crippen LogP contribution in [0, 0.1) is 6.92 Å². The third-order valence-corrected chi connectivity index (χ3v) is 3.36. The fourth-order valence-electron chi connectivity index (χ4n) is 2.23. The molecule has 0 spiro atoms. The Labute approximate surface area is 113 Å². The summed E-state index contributed by atoms with van der Waals surface area (Å²) in [5.41, 5.74) is 0.745. The van der Waals surface area contributed by atoms with Crippen molar-refractivity contribution in [2.24, 2.45) is 0 Å². The van der Waals surface area contributed by atoms with Gasteiger partial charge in [-0.3, -0.25) is 0 Å².